The lowest BCUT2D eigenvalue weighted by atomic mass is 10.1. The van der Waals surface area contributed by atoms with E-state index in [4.69, 9.17) is 5.11 Å². The van der Waals surface area contributed by atoms with Gasteiger partial charge in [0.05, 0.1) is 17.5 Å². The molecule has 0 saturated heterocycles. The minimum Gasteiger partial charge on any atom is -0.395 e. The maximum atomic E-state index is 11.9. The molecule has 0 aliphatic heterocycles. The molecular formula is C15H21NO3S. The first-order valence-electron chi connectivity index (χ1n) is 6.65. The van der Waals surface area contributed by atoms with E-state index in [1.807, 2.05) is 13.0 Å². The minimum atomic E-state index is -3.34. The van der Waals surface area contributed by atoms with Crippen molar-refractivity contribution in [2.24, 2.45) is 0 Å². The Balaban J connectivity index is 3.04. The SMILES string of the molecule is CCc1cc(C#CCCO)ccc1NS(=O)(=O)C(C)C. The van der Waals surface area contributed by atoms with Gasteiger partial charge in [-0.25, -0.2) is 8.42 Å². The van der Waals surface area contributed by atoms with Crippen LogP contribution in [0.3, 0.4) is 0 Å². The third-order valence-corrected chi connectivity index (χ3v) is 4.57. The number of aliphatic hydroxyl groups excluding tert-OH is 1. The van der Waals surface area contributed by atoms with Crippen LogP contribution >= 0.6 is 0 Å². The molecule has 0 amide bonds. The van der Waals surface area contributed by atoms with Crippen molar-refractivity contribution in [3.05, 3.63) is 29.3 Å². The molecule has 0 unspecified atom stereocenters. The van der Waals surface area contributed by atoms with E-state index in [2.05, 4.69) is 16.6 Å². The molecule has 110 valence electrons. The molecule has 0 radical (unpaired) electrons. The fourth-order valence-corrected chi connectivity index (χ4v) is 2.30. The van der Waals surface area contributed by atoms with Gasteiger partial charge in [-0.15, -0.1) is 0 Å². The lowest BCUT2D eigenvalue weighted by molar-refractivity contribution is 0.305. The van der Waals surface area contributed by atoms with Gasteiger partial charge in [-0.1, -0.05) is 18.8 Å². The Morgan fingerprint density at radius 2 is 2.05 bits per heavy atom. The highest BCUT2D eigenvalue weighted by Gasteiger charge is 2.16. The van der Waals surface area contributed by atoms with E-state index in [0.29, 0.717) is 18.5 Å². The fraction of sp³-hybridized carbons (Fsp3) is 0.467. The Labute approximate surface area is 121 Å². The summed E-state index contributed by atoms with van der Waals surface area (Å²) in [5.74, 6) is 5.80. The van der Waals surface area contributed by atoms with Crippen LogP contribution in [0.25, 0.3) is 0 Å². The summed E-state index contributed by atoms with van der Waals surface area (Å²) in [5, 5.41) is 8.21. The molecule has 0 bridgehead atoms. The zero-order valence-electron chi connectivity index (χ0n) is 12.1. The first-order chi connectivity index (χ1) is 9.40. The number of nitrogens with one attached hydrogen (secondary N) is 1. The Kier molecular flexibility index (Phi) is 6.05. The predicted octanol–water partition coefficient (Wildman–Crippen LogP) is 2.13. The van der Waals surface area contributed by atoms with Crippen LogP contribution in [0.15, 0.2) is 18.2 Å². The van der Waals surface area contributed by atoms with Crippen LogP contribution in [0.2, 0.25) is 0 Å². The first-order valence-corrected chi connectivity index (χ1v) is 8.19. The molecule has 5 heteroatoms. The third-order valence-electron chi connectivity index (χ3n) is 2.83. The molecule has 0 fully saturated rings. The summed E-state index contributed by atoms with van der Waals surface area (Å²) in [6.45, 7) is 5.29. The van der Waals surface area contributed by atoms with Gasteiger partial charge in [0.1, 0.15) is 0 Å². The lowest BCUT2D eigenvalue weighted by Crippen LogP contribution is -2.23. The second kappa shape index (κ2) is 7.32. The number of hydrogen-bond donors (Lipinski definition) is 2. The number of hydrogen-bond acceptors (Lipinski definition) is 3. The maximum Gasteiger partial charge on any atom is 0.235 e. The number of aliphatic hydroxyl groups is 1. The summed E-state index contributed by atoms with van der Waals surface area (Å²) >= 11 is 0. The Morgan fingerprint density at radius 1 is 1.35 bits per heavy atom. The van der Waals surface area contributed by atoms with Crippen molar-refractivity contribution in [3.63, 3.8) is 0 Å². The van der Waals surface area contributed by atoms with Gasteiger partial charge in [0.25, 0.3) is 0 Å². The van der Waals surface area contributed by atoms with Crippen LogP contribution < -0.4 is 4.72 Å². The Hall–Kier alpha value is -1.51. The standard InChI is InChI=1S/C15H21NO3S/c1-4-14-11-13(7-5-6-10-17)8-9-15(14)16-20(18,19)12(2)3/h8-9,11-12,16-17H,4,6,10H2,1-3H3. The molecule has 0 spiro atoms. The second-order valence-corrected chi connectivity index (χ2v) is 6.93. The van der Waals surface area contributed by atoms with E-state index in [9.17, 15) is 8.42 Å². The quantitative estimate of drug-likeness (QED) is 0.818. The molecule has 0 atom stereocenters. The topological polar surface area (TPSA) is 66.4 Å². The number of sulfonamides is 1. The van der Waals surface area contributed by atoms with Crippen molar-refractivity contribution in [1.82, 2.24) is 0 Å². The summed E-state index contributed by atoms with van der Waals surface area (Å²) in [5.41, 5.74) is 2.33. The summed E-state index contributed by atoms with van der Waals surface area (Å²) in [4.78, 5) is 0. The largest absolute Gasteiger partial charge is 0.395 e. The minimum absolute atomic E-state index is 0.0416. The van der Waals surface area contributed by atoms with E-state index in [0.717, 1.165) is 11.1 Å². The van der Waals surface area contributed by atoms with Crippen molar-refractivity contribution in [2.75, 3.05) is 11.3 Å². The van der Waals surface area contributed by atoms with Crippen LogP contribution in [0.5, 0.6) is 0 Å². The van der Waals surface area contributed by atoms with Gasteiger partial charge in [0.2, 0.25) is 10.0 Å². The molecule has 1 aromatic rings. The van der Waals surface area contributed by atoms with Crippen molar-refractivity contribution in [1.29, 1.82) is 0 Å². The van der Waals surface area contributed by atoms with Crippen LogP contribution in [0.1, 0.15) is 38.3 Å². The Morgan fingerprint density at radius 3 is 2.60 bits per heavy atom. The molecular weight excluding hydrogens is 274 g/mol. The van der Waals surface area contributed by atoms with Crippen LogP contribution in [0, 0.1) is 11.8 Å². The second-order valence-electron chi connectivity index (χ2n) is 4.70. The highest BCUT2D eigenvalue weighted by molar-refractivity contribution is 7.93. The van der Waals surface area contributed by atoms with Gasteiger partial charge < -0.3 is 5.11 Å². The molecule has 20 heavy (non-hydrogen) atoms. The smallest absolute Gasteiger partial charge is 0.235 e. The van der Waals surface area contributed by atoms with Gasteiger partial charge in [-0.2, -0.15) is 0 Å². The lowest BCUT2D eigenvalue weighted by Gasteiger charge is -2.14. The van der Waals surface area contributed by atoms with Gasteiger partial charge in [-0.05, 0) is 44.0 Å². The highest BCUT2D eigenvalue weighted by atomic mass is 32.2. The molecule has 2 N–H and O–H groups in total. The number of aryl methyl sites for hydroxylation is 1. The van der Waals surface area contributed by atoms with Crippen LogP contribution in [0.4, 0.5) is 5.69 Å². The van der Waals surface area contributed by atoms with Crippen molar-refractivity contribution in [3.8, 4) is 11.8 Å². The van der Waals surface area contributed by atoms with Crippen molar-refractivity contribution < 1.29 is 13.5 Å². The summed E-state index contributed by atoms with van der Waals surface area (Å²) in [7, 11) is -3.34. The Bertz CT molecular complexity index is 610. The van der Waals surface area contributed by atoms with Gasteiger partial charge in [-0.3, -0.25) is 4.72 Å². The molecule has 0 saturated carbocycles. The van der Waals surface area contributed by atoms with Gasteiger partial charge in [0, 0.05) is 12.0 Å². The zero-order valence-corrected chi connectivity index (χ0v) is 12.9. The van der Waals surface area contributed by atoms with E-state index in [-0.39, 0.29) is 6.61 Å². The van der Waals surface area contributed by atoms with E-state index < -0.39 is 15.3 Å². The number of benzene rings is 1. The zero-order chi connectivity index (χ0) is 15.2. The average molecular weight is 295 g/mol. The average Bonchev–Trinajstić information content (AvgIpc) is 2.40. The van der Waals surface area contributed by atoms with E-state index in [1.165, 1.54) is 0 Å². The number of rotatable bonds is 5. The highest BCUT2D eigenvalue weighted by Crippen LogP contribution is 2.20. The third kappa shape index (κ3) is 4.55. The summed E-state index contributed by atoms with van der Waals surface area (Å²) in [6.07, 6.45) is 1.15. The monoisotopic (exact) mass is 295 g/mol. The van der Waals surface area contributed by atoms with Crippen LogP contribution in [-0.2, 0) is 16.4 Å². The van der Waals surface area contributed by atoms with Crippen molar-refractivity contribution >= 4 is 15.7 Å². The molecule has 1 aromatic carbocycles. The molecule has 0 heterocycles. The molecule has 4 nitrogen and oxygen atoms in total. The maximum absolute atomic E-state index is 11.9. The van der Waals surface area contributed by atoms with E-state index in [1.54, 1.807) is 26.0 Å². The predicted molar refractivity (Wildman–Crippen MR) is 82.1 cm³/mol. The molecule has 0 aliphatic rings. The number of anilines is 1. The normalized spacial score (nSPS) is 11.1. The van der Waals surface area contributed by atoms with Gasteiger partial charge in [0.15, 0.2) is 0 Å². The van der Waals surface area contributed by atoms with Crippen LogP contribution in [-0.4, -0.2) is 25.4 Å². The molecule has 1 rings (SSSR count). The van der Waals surface area contributed by atoms with E-state index >= 15 is 0 Å². The molecule has 0 aliphatic carbocycles. The summed E-state index contributed by atoms with van der Waals surface area (Å²) < 4.78 is 26.4. The van der Waals surface area contributed by atoms with Gasteiger partial charge >= 0.3 is 0 Å². The fourth-order valence-electron chi connectivity index (χ4n) is 1.56. The summed E-state index contributed by atoms with van der Waals surface area (Å²) in [6, 6.07) is 5.39. The molecule has 0 aromatic heterocycles. The van der Waals surface area contributed by atoms with Crippen molar-refractivity contribution in [2.45, 2.75) is 38.9 Å². The first kappa shape index (κ1) is 16.5.